The van der Waals surface area contributed by atoms with E-state index in [0.717, 1.165) is 5.56 Å². The van der Waals surface area contributed by atoms with E-state index in [2.05, 4.69) is 0 Å². The zero-order chi connectivity index (χ0) is 12.8. The van der Waals surface area contributed by atoms with Crippen molar-refractivity contribution in [3.05, 3.63) is 52.1 Å². The van der Waals surface area contributed by atoms with Crippen molar-refractivity contribution >= 4 is 11.6 Å². The largest absolute Gasteiger partial charge is 0.338 e. The highest BCUT2D eigenvalue weighted by molar-refractivity contribution is 5.87. The number of non-ortho nitro benzene ring substituents is 1. The van der Waals surface area contributed by atoms with Crippen LogP contribution in [0.15, 0.2) is 36.4 Å². The summed E-state index contributed by atoms with van der Waals surface area (Å²) in [6.45, 7) is 2.12. The first-order valence-corrected chi connectivity index (χ1v) is 5.15. The zero-order valence-corrected chi connectivity index (χ0v) is 9.79. The quantitative estimate of drug-likeness (QED) is 0.455. The predicted molar refractivity (Wildman–Crippen MR) is 64.4 cm³/mol. The highest BCUT2D eigenvalue weighted by atomic mass is 16.6. The fraction of sp³-hybridized carbons (Fsp3) is 0.250. The van der Waals surface area contributed by atoms with E-state index in [4.69, 9.17) is 0 Å². The molecule has 1 aromatic rings. The van der Waals surface area contributed by atoms with Crippen LogP contribution >= 0.6 is 0 Å². The van der Waals surface area contributed by atoms with Crippen molar-refractivity contribution in [3.63, 3.8) is 0 Å². The van der Waals surface area contributed by atoms with Crippen molar-refractivity contribution in [2.24, 2.45) is 0 Å². The minimum Gasteiger partial charge on any atom is -0.338 e. The Morgan fingerprint density at radius 2 is 2.24 bits per heavy atom. The number of rotatable bonds is 4. The molecule has 5 nitrogen and oxygen atoms in total. The molecular weight excluding hydrogens is 220 g/mol. The molecule has 0 aromatic heterocycles. The number of allylic oxidation sites excluding steroid dienone is 1. The fourth-order valence-corrected chi connectivity index (χ4v) is 1.39. The normalized spacial score (nSPS) is 10.5. The number of hydrogen-bond acceptors (Lipinski definition) is 3. The van der Waals surface area contributed by atoms with E-state index in [0.29, 0.717) is 6.54 Å². The number of hydrogen-bond donors (Lipinski definition) is 0. The van der Waals surface area contributed by atoms with Gasteiger partial charge in [-0.15, -0.1) is 0 Å². The molecule has 0 atom stereocenters. The molecule has 0 bridgehead atoms. The molecule has 0 aliphatic rings. The first-order chi connectivity index (χ1) is 8.04. The third-order valence-electron chi connectivity index (χ3n) is 2.23. The Morgan fingerprint density at radius 3 is 2.82 bits per heavy atom. The Labute approximate surface area is 99.5 Å². The summed E-state index contributed by atoms with van der Waals surface area (Å²) in [5.41, 5.74) is 0.772. The Bertz CT molecular complexity index is 455. The minimum absolute atomic E-state index is 0.0365. The van der Waals surface area contributed by atoms with Crippen LogP contribution in [0.4, 0.5) is 5.69 Å². The van der Waals surface area contributed by atoms with E-state index < -0.39 is 4.92 Å². The Balaban J connectivity index is 2.78. The maximum Gasteiger partial charge on any atom is 0.269 e. The molecule has 0 heterocycles. The van der Waals surface area contributed by atoms with Crippen molar-refractivity contribution in [3.8, 4) is 0 Å². The van der Waals surface area contributed by atoms with Crippen LogP contribution < -0.4 is 0 Å². The topological polar surface area (TPSA) is 63.5 Å². The number of amides is 1. The molecule has 0 aliphatic heterocycles. The second-order valence-electron chi connectivity index (χ2n) is 3.62. The Morgan fingerprint density at radius 1 is 1.53 bits per heavy atom. The van der Waals surface area contributed by atoms with E-state index >= 15 is 0 Å². The Kier molecular flexibility index (Phi) is 4.39. The second kappa shape index (κ2) is 5.79. The van der Waals surface area contributed by atoms with Gasteiger partial charge in [-0.25, -0.2) is 0 Å². The summed E-state index contributed by atoms with van der Waals surface area (Å²) in [7, 11) is 1.65. The molecule has 0 saturated carbocycles. The van der Waals surface area contributed by atoms with Crippen LogP contribution in [0.5, 0.6) is 0 Å². The number of benzene rings is 1. The van der Waals surface area contributed by atoms with Gasteiger partial charge in [-0.3, -0.25) is 14.9 Å². The van der Waals surface area contributed by atoms with Gasteiger partial charge in [-0.05, 0) is 18.6 Å². The SMILES string of the molecule is CC=CC(=O)N(C)Cc1cccc([N+](=O)[O-])c1. The average molecular weight is 234 g/mol. The van der Waals surface area contributed by atoms with Crippen LogP contribution in [-0.4, -0.2) is 22.8 Å². The van der Waals surface area contributed by atoms with Crippen LogP contribution in [0.25, 0.3) is 0 Å². The summed E-state index contributed by atoms with van der Waals surface area (Å²) >= 11 is 0. The lowest BCUT2D eigenvalue weighted by molar-refractivity contribution is -0.384. The summed E-state index contributed by atoms with van der Waals surface area (Å²) in [6, 6.07) is 6.27. The summed E-state index contributed by atoms with van der Waals surface area (Å²) < 4.78 is 0. The van der Waals surface area contributed by atoms with E-state index in [1.807, 2.05) is 0 Å². The van der Waals surface area contributed by atoms with Gasteiger partial charge < -0.3 is 4.90 Å². The third kappa shape index (κ3) is 3.71. The van der Waals surface area contributed by atoms with Gasteiger partial charge in [0.2, 0.25) is 5.91 Å². The van der Waals surface area contributed by atoms with Crippen molar-refractivity contribution < 1.29 is 9.72 Å². The van der Waals surface area contributed by atoms with Gasteiger partial charge in [0.15, 0.2) is 0 Å². The number of nitro benzene ring substituents is 1. The van der Waals surface area contributed by atoms with Crippen LogP contribution in [0.1, 0.15) is 12.5 Å². The zero-order valence-electron chi connectivity index (χ0n) is 9.79. The van der Waals surface area contributed by atoms with Gasteiger partial charge in [0, 0.05) is 25.7 Å². The summed E-state index contributed by atoms with van der Waals surface area (Å²) in [5, 5.41) is 10.6. The second-order valence-corrected chi connectivity index (χ2v) is 3.62. The number of carbonyl (C=O) groups is 1. The molecule has 0 saturated heterocycles. The maximum absolute atomic E-state index is 11.5. The fourth-order valence-electron chi connectivity index (χ4n) is 1.39. The van der Waals surface area contributed by atoms with Crippen LogP contribution in [0, 0.1) is 10.1 Å². The molecule has 0 spiro atoms. The molecular formula is C12H14N2O3. The first kappa shape index (κ1) is 12.9. The molecule has 0 N–H and O–H groups in total. The van der Waals surface area contributed by atoms with Crippen LogP contribution in [0.2, 0.25) is 0 Å². The molecule has 90 valence electrons. The van der Waals surface area contributed by atoms with Crippen molar-refractivity contribution in [1.82, 2.24) is 4.90 Å². The molecule has 17 heavy (non-hydrogen) atoms. The monoisotopic (exact) mass is 234 g/mol. The van der Waals surface area contributed by atoms with Crippen LogP contribution in [0.3, 0.4) is 0 Å². The number of nitro groups is 1. The van der Waals surface area contributed by atoms with Crippen molar-refractivity contribution in [1.29, 1.82) is 0 Å². The Hall–Kier alpha value is -2.17. The van der Waals surface area contributed by atoms with Gasteiger partial charge in [-0.2, -0.15) is 0 Å². The van der Waals surface area contributed by atoms with Gasteiger partial charge in [0.25, 0.3) is 5.69 Å². The number of carbonyl (C=O) groups excluding carboxylic acids is 1. The van der Waals surface area contributed by atoms with E-state index in [-0.39, 0.29) is 11.6 Å². The lowest BCUT2D eigenvalue weighted by Gasteiger charge is -2.14. The highest BCUT2D eigenvalue weighted by Gasteiger charge is 2.09. The first-order valence-electron chi connectivity index (χ1n) is 5.15. The van der Waals surface area contributed by atoms with Gasteiger partial charge in [0.1, 0.15) is 0 Å². The molecule has 0 fully saturated rings. The van der Waals surface area contributed by atoms with E-state index in [1.165, 1.54) is 23.1 Å². The van der Waals surface area contributed by atoms with Crippen molar-refractivity contribution in [2.45, 2.75) is 13.5 Å². The number of likely N-dealkylation sites (N-methyl/N-ethyl adjacent to an activating group) is 1. The molecule has 5 heteroatoms. The molecule has 1 amide bonds. The van der Waals surface area contributed by atoms with Gasteiger partial charge >= 0.3 is 0 Å². The average Bonchev–Trinajstić information content (AvgIpc) is 2.29. The third-order valence-corrected chi connectivity index (χ3v) is 2.23. The van der Waals surface area contributed by atoms with Gasteiger partial charge in [-0.1, -0.05) is 18.2 Å². The maximum atomic E-state index is 11.5. The standard InChI is InChI=1S/C12H14N2O3/c1-3-5-12(15)13(2)9-10-6-4-7-11(8-10)14(16)17/h3-8H,9H2,1-2H3. The summed E-state index contributed by atoms with van der Waals surface area (Å²) in [6.07, 6.45) is 3.11. The highest BCUT2D eigenvalue weighted by Crippen LogP contribution is 2.14. The van der Waals surface area contributed by atoms with Crippen molar-refractivity contribution in [2.75, 3.05) is 7.05 Å². The number of nitrogens with zero attached hydrogens (tertiary/aromatic N) is 2. The summed E-state index contributed by atoms with van der Waals surface area (Å²) in [4.78, 5) is 23.1. The van der Waals surface area contributed by atoms with Gasteiger partial charge in [0.05, 0.1) is 4.92 Å². The smallest absolute Gasteiger partial charge is 0.269 e. The molecule has 1 rings (SSSR count). The van der Waals surface area contributed by atoms with E-state index in [9.17, 15) is 14.9 Å². The molecule has 0 aliphatic carbocycles. The van der Waals surface area contributed by atoms with Crippen LogP contribution in [-0.2, 0) is 11.3 Å². The summed E-state index contributed by atoms with van der Waals surface area (Å²) in [5.74, 6) is -0.126. The molecule has 1 aromatic carbocycles. The predicted octanol–water partition coefficient (Wildman–Crippen LogP) is 2.13. The van der Waals surface area contributed by atoms with E-state index in [1.54, 1.807) is 32.2 Å². The minimum atomic E-state index is -0.447. The lowest BCUT2D eigenvalue weighted by atomic mass is 10.2. The molecule has 0 unspecified atom stereocenters. The lowest BCUT2D eigenvalue weighted by Crippen LogP contribution is -2.24. The molecule has 0 radical (unpaired) electrons.